The van der Waals surface area contributed by atoms with E-state index in [2.05, 4.69) is 27.8 Å². The first-order valence-electron chi connectivity index (χ1n) is 6.46. The van der Waals surface area contributed by atoms with E-state index in [1.54, 1.807) is 6.08 Å². The summed E-state index contributed by atoms with van der Waals surface area (Å²) in [7, 11) is 2.04. The van der Waals surface area contributed by atoms with Crippen molar-refractivity contribution >= 4 is 33.7 Å². The van der Waals surface area contributed by atoms with Crippen molar-refractivity contribution in [3.8, 4) is 0 Å². The summed E-state index contributed by atoms with van der Waals surface area (Å²) in [6, 6.07) is 5.87. The first-order valence-corrected chi connectivity index (χ1v) is 7.25. The molecule has 0 aliphatic heterocycles. The standard InChI is InChI=1S/C15H20BrNO2/c1-3-4-5-10-17(2)14-11-13(16)8-6-12(14)7-9-15(18)19/h6-9,11H,3-5,10H2,1-2H3,(H,18,19)/b9-7+. The molecule has 0 radical (unpaired) electrons. The SMILES string of the molecule is CCCCCN(C)c1cc(Br)ccc1/C=C/C(=O)O. The van der Waals surface area contributed by atoms with E-state index in [9.17, 15) is 4.79 Å². The van der Waals surface area contributed by atoms with Crippen LogP contribution in [0.3, 0.4) is 0 Å². The number of benzene rings is 1. The molecule has 0 fully saturated rings. The Kier molecular flexibility index (Phi) is 6.64. The van der Waals surface area contributed by atoms with Crippen LogP contribution in [0.15, 0.2) is 28.7 Å². The average Bonchev–Trinajstić information content (AvgIpc) is 2.37. The van der Waals surface area contributed by atoms with Crippen molar-refractivity contribution in [1.29, 1.82) is 0 Å². The fourth-order valence-corrected chi connectivity index (χ4v) is 2.22. The highest BCUT2D eigenvalue weighted by atomic mass is 79.9. The molecule has 0 saturated heterocycles. The number of aliphatic carboxylic acids is 1. The topological polar surface area (TPSA) is 40.5 Å². The van der Waals surface area contributed by atoms with Crippen molar-refractivity contribution in [2.24, 2.45) is 0 Å². The number of nitrogens with zero attached hydrogens (tertiary/aromatic N) is 1. The second kappa shape index (κ2) is 8.00. The van der Waals surface area contributed by atoms with Gasteiger partial charge < -0.3 is 10.0 Å². The molecule has 0 saturated carbocycles. The average molecular weight is 326 g/mol. The van der Waals surface area contributed by atoms with E-state index in [0.29, 0.717) is 0 Å². The number of rotatable bonds is 7. The molecule has 0 aliphatic carbocycles. The zero-order chi connectivity index (χ0) is 14.3. The van der Waals surface area contributed by atoms with E-state index < -0.39 is 5.97 Å². The number of hydrogen-bond acceptors (Lipinski definition) is 2. The lowest BCUT2D eigenvalue weighted by molar-refractivity contribution is -0.131. The molecule has 0 heterocycles. The highest BCUT2D eigenvalue weighted by Crippen LogP contribution is 2.26. The molecule has 0 bridgehead atoms. The van der Waals surface area contributed by atoms with E-state index in [0.717, 1.165) is 28.7 Å². The molecular formula is C15H20BrNO2. The van der Waals surface area contributed by atoms with E-state index in [1.807, 2.05) is 25.2 Å². The van der Waals surface area contributed by atoms with Gasteiger partial charge in [-0.3, -0.25) is 0 Å². The van der Waals surface area contributed by atoms with E-state index >= 15 is 0 Å². The molecule has 0 atom stereocenters. The van der Waals surface area contributed by atoms with Gasteiger partial charge in [-0.15, -0.1) is 0 Å². The zero-order valence-corrected chi connectivity index (χ0v) is 13.0. The second-order valence-electron chi connectivity index (χ2n) is 4.50. The molecule has 104 valence electrons. The Morgan fingerprint density at radius 3 is 2.79 bits per heavy atom. The second-order valence-corrected chi connectivity index (χ2v) is 5.42. The lowest BCUT2D eigenvalue weighted by Gasteiger charge is -2.21. The van der Waals surface area contributed by atoms with Gasteiger partial charge in [0.1, 0.15) is 0 Å². The third kappa shape index (κ3) is 5.47. The number of carboxylic acid groups (broad SMARTS) is 1. The quantitative estimate of drug-likeness (QED) is 0.604. The van der Waals surface area contributed by atoms with Gasteiger partial charge in [0.15, 0.2) is 0 Å². The molecule has 3 nitrogen and oxygen atoms in total. The van der Waals surface area contributed by atoms with Crippen LogP contribution in [0, 0.1) is 0 Å². The zero-order valence-electron chi connectivity index (χ0n) is 11.4. The molecule has 4 heteroatoms. The minimum atomic E-state index is -0.928. The van der Waals surface area contributed by atoms with Crippen LogP contribution in [0.1, 0.15) is 31.7 Å². The molecular weight excluding hydrogens is 306 g/mol. The molecule has 0 aliphatic rings. The van der Waals surface area contributed by atoms with Crippen LogP contribution in [0.25, 0.3) is 6.08 Å². The van der Waals surface area contributed by atoms with Crippen LogP contribution in [-0.2, 0) is 4.79 Å². The maximum absolute atomic E-state index is 10.6. The van der Waals surface area contributed by atoms with Gasteiger partial charge in [0.2, 0.25) is 0 Å². The van der Waals surface area contributed by atoms with Crippen LogP contribution in [0.4, 0.5) is 5.69 Å². The fraction of sp³-hybridized carbons (Fsp3) is 0.400. The third-order valence-corrected chi connectivity index (χ3v) is 3.40. The molecule has 0 unspecified atom stereocenters. The minimum Gasteiger partial charge on any atom is -0.478 e. The number of anilines is 1. The normalized spacial score (nSPS) is 10.9. The molecule has 1 aromatic carbocycles. The maximum atomic E-state index is 10.6. The summed E-state index contributed by atoms with van der Waals surface area (Å²) in [6.45, 7) is 3.15. The Labute approximate surface area is 123 Å². The molecule has 1 rings (SSSR count). The van der Waals surface area contributed by atoms with E-state index in [1.165, 1.54) is 18.9 Å². The number of hydrogen-bond donors (Lipinski definition) is 1. The Hall–Kier alpha value is -1.29. The Morgan fingerprint density at radius 2 is 2.16 bits per heavy atom. The summed E-state index contributed by atoms with van der Waals surface area (Å²) in [5.74, 6) is -0.928. The van der Waals surface area contributed by atoms with Crippen molar-refractivity contribution in [1.82, 2.24) is 0 Å². The third-order valence-electron chi connectivity index (χ3n) is 2.91. The maximum Gasteiger partial charge on any atom is 0.328 e. The largest absolute Gasteiger partial charge is 0.478 e. The summed E-state index contributed by atoms with van der Waals surface area (Å²) in [5, 5.41) is 8.72. The van der Waals surface area contributed by atoms with Gasteiger partial charge >= 0.3 is 5.97 Å². The Morgan fingerprint density at radius 1 is 1.42 bits per heavy atom. The van der Waals surface area contributed by atoms with Crippen molar-refractivity contribution in [2.45, 2.75) is 26.2 Å². The molecule has 1 aromatic rings. The van der Waals surface area contributed by atoms with Crippen molar-refractivity contribution in [3.63, 3.8) is 0 Å². The molecule has 19 heavy (non-hydrogen) atoms. The van der Waals surface area contributed by atoms with Gasteiger partial charge in [0, 0.05) is 29.8 Å². The number of halogens is 1. The van der Waals surface area contributed by atoms with Gasteiger partial charge in [0.05, 0.1) is 0 Å². The van der Waals surface area contributed by atoms with Gasteiger partial charge in [-0.25, -0.2) is 4.79 Å². The van der Waals surface area contributed by atoms with E-state index in [-0.39, 0.29) is 0 Å². The van der Waals surface area contributed by atoms with Gasteiger partial charge in [0.25, 0.3) is 0 Å². The van der Waals surface area contributed by atoms with Crippen molar-refractivity contribution in [3.05, 3.63) is 34.3 Å². The first-order chi connectivity index (χ1) is 9.04. The summed E-state index contributed by atoms with van der Waals surface area (Å²) >= 11 is 3.46. The van der Waals surface area contributed by atoms with Crippen LogP contribution >= 0.6 is 15.9 Å². The minimum absolute atomic E-state index is 0.921. The number of carbonyl (C=O) groups is 1. The highest BCUT2D eigenvalue weighted by molar-refractivity contribution is 9.10. The smallest absolute Gasteiger partial charge is 0.328 e. The predicted octanol–water partition coefficient (Wildman–Crippen LogP) is 4.17. The van der Waals surface area contributed by atoms with Gasteiger partial charge in [-0.2, -0.15) is 0 Å². The monoisotopic (exact) mass is 325 g/mol. The van der Waals surface area contributed by atoms with Gasteiger partial charge in [-0.1, -0.05) is 41.8 Å². The Bertz CT molecular complexity index is 457. The molecule has 1 N–H and O–H groups in total. The summed E-state index contributed by atoms with van der Waals surface area (Å²) in [4.78, 5) is 12.8. The fourth-order valence-electron chi connectivity index (χ4n) is 1.87. The van der Waals surface area contributed by atoms with E-state index in [4.69, 9.17) is 5.11 Å². The summed E-state index contributed by atoms with van der Waals surface area (Å²) in [6.07, 6.45) is 6.35. The molecule has 0 amide bonds. The van der Waals surface area contributed by atoms with Gasteiger partial charge in [-0.05, 0) is 30.2 Å². The Balaban J connectivity index is 2.89. The predicted molar refractivity (Wildman–Crippen MR) is 83.6 cm³/mol. The molecule has 0 aromatic heterocycles. The lowest BCUT2D eigenvalue weighted by atomic mass is 10.1. The van der Waals surface area contributed by atoms with Crippen LogP contribution in [0.2, 0.25) is 0 Å². The van der Waals surface area contributed by atoms with Crippen LogP contribution in [0.5, 0.6) is 0 Å². The summed E-state index contributed by atoms with van der Waals surface area (Å²) < 4.78 is 0.998. The van der Waals surface area contributed by atoms with Crippen molar-refractivity contribution < 1.29 is 9.90 Å². The van der Waals surface area contributed by atoms with Crippen LogP contribution < -0.4 is 4.90 Å². The van der Waals surface area contributed by atoms with Crippen molar-refractivity contribution in [2.75, 3.05) is 18.5 Å². The van der Waals surface area contributed by atoms with Crippen LogP contribution in [-0.4, -0.2) is 24.7 Å². The number of carboxylic acids is 1. The summed E-state index contributed by atoms with van der Waals surface area (Å²) in [5.41, 5.74) is 1.97. The highest BCUT2D eigenvalue weighted by Gasteiger charge is 2.06. The molecule has 0 spiro atoms. The first kappa shape index (κ1) is 15.8. The number of unbranched alkanes of at least 4 members (excludes halogenated alkanes) is 2. The lowest BCUT2D eigenvalue weighted by Crippen LogP contribution is -2.19.